The van der Waals surface area contributed by atoms with Crippen LogP contribution in [0.25, 0.3) is 0 Å². The number of aliphatic hydroxyl groups is 1. The van der Waals surface area contributed by atoms with Crippen LogP contribution in [0.1, 0.15) is 31.4 Å². The molecule has 0 saturated heterocycles. The summed E-state index contributed by atoms with van der Waals surface area (Å²) >= 11 is 0. The number of amides is 2. The minimum Gasteiger partial charge on any atom is -0.396 e. The van der Waals surface area contributed by atoms with Crippen LogP contribution in [0.15, 0.2) is 18.2 Å². The molecule has 0 spiro atoms. The predicted octanol–water partition coefficient (Wildman–Crippen LogP) is 2.40. The van der Waals surface area contributed by atoms with Crippen molar-refractivity contribution in [3.05, 3.63) is 29.3 Å². The van der Waals surface area contributed by atoms with Crippen molar-refractivity contribution in [3.8, 4) is 6.07 Å². The number of hydrogen-bond donors (Lipinski definition) is 3. The second kappa shape index (κ2) is 7.51. The lowest BCUT2D eigenvalue weighted by Crippen LogP contribution is -2.41. The molecule has 108 valence electrons. The average molecular weight is 275 g/mol. The zero-order valence-corrected chi connectivity index (χ0v) is 12.1. The van der Waals surface area contributed by atoms with Crippen molar-refractivity contribution >= 4 is 11.7 Å². The van der Waals surface area contributed by atoms with Gasteiger partial charge in [-0.3, -0.25) is 0 Å². The lowest BCUT2D eigenvalue weighted by molar-refractivity contribution is 0.227. The van der Waals surface area contributed by atoms with Gasteiger partial charge in [0.1, 0.15) is 0 Å². The molecule has 5 heteroatoms. The number of benzene rings is 1. The Kier molecular flexibility index (Phi) is 6.01. The fourth-order valence-electron chi connectivity index (χ4n) is 1.86. The molecule has 1 atom stereocenters. The molecule has 1 aromatic rings. The van der Waals surface area contributed by atoms with Crippen LogP contribution >= 0.6 is 0 Å². The van der Waals surface area contributed by atoms with E-state index in [-0.39, 0.29) is 24.6 Å². The number of nitriles is 1. The third-order valence-corrected chi connectivity index (χ3v) is 3.18. The highest BCUT2D eigenvalue weighted by molar-refractivity contribution is 5.90. The number of carbonyl (C=O) groups is 1. The largest absolute Gasteiger partial charge is 0.396 e. The van der Waals surface area contributed by atoms with Gasteiger partial charge in [-0.1, -0.05) is 19.9 Å². The van der Waals surface area contributed by atoms with Crippen LogP contribution in [0, 0.1) is 24.2 Å². The Morgan fingerprint density at radius 2 is 2.15 bits per heavy atom. The van der Waals surface area contributed by atoms with Crippen LogP contribution in [-0.2, 0) is 0 Å². The van der Waals surface area contributed by atoms with Gasteiger partial charge in [0.05, 0.1) is 11.6 Å². The zero-order chi connectivity index (χ0) is 15.1. The molecular weight excluding hydrogens is 254 g/mol. The molecule has 3 N–H and O–H groups in total. The van der Waals surface area contributed by atoms with Crippen molar-refractivity contribution in [1.82, 2.24) is 5.32 Å². The Morgan fingerprint density at radius 1 is 1.45 bits per heavy atom. The van der Waals surface area contributed by atoms with Gasteiger partial charge in [-0.05, 0) is 37.0 Å². The van der Waals surface area contributed by atoms with E-state index in [1.54, 1.807) is 18.2 Å². The lowest BCUT2D eigenvalue weighted by atomic mass is 10.0. The van der Waals surface area contributed by atoms with E-state index in [9.17, 15) is 4.79 Å². The Hall–Kier alpha value is -2.06. The van der Waals surface area contributed by atoms with Gasteiger partial charge in [-0.25, -0.2) is 4.79 Å². The van der Waals surface area contributed by atoms with Crippen LogP contribution in [0.4, 0.5) is 10.5 Å². The molecule has 2 amide bonds. The summed E-state index contributed by atoms with van der Waals surface area (Å²) in [4.78, 5) is 12.0. The third-order valence-electron chi connectivity index (χ3n) is 3.18. The molecule has 0 fully saturated rings. The molecule has 20 heavy (non-hydrogen) atoms. The summed E-state index contributed by atoms with van der Waals surface area (Å²) in [6, 6.07) is 6.78. The molecule has 5 nitrogen and oxygen atoms in total. The van der Waals surface area contributed by atoms with Gasteiger partial charge in [0.15, 0.2) is 0 Å². The molecule has 0 bridgehead atoms. The highest BCUT2D eigenvalue weighted by Crippen LogP contribution is 2.16. The maximum Gasteiger partial charge on any atom is 0.319 e. The minimum absolute atomic E-state index is 0.0338. The highest BCUT2D eigenvalue weighted by atomic mass is 16.3. The van der Waals surface area contributed by atoms with E-state index < -0.39 is 0 Å². The number of rotatable bonds is 5. The second-order valence-electron chi connectivity index (χ2n) is 5.10. The first-order chi connectivity index (χ1) is 9.47. The summed E-state index contributed by atoms with van der Waals surface area (Å²) in [5.41, 5.74) is 2.01. The summed E-state index contributed by atoms with van der Waals surface area (Å²) < 4.78 is 0. The van der Waals surface area contributed by atoms with Crippen LogP contribution in [0.3, 0.4) is 0 Å². The van der Waals surface area contributed by atoms with Gasteiger partial charge in [0.2, 0.25) is 0 Å². The quantitative estimate of drug-likeness (QED) is 0.771. The molecule has 0 aliphatic heterocycles. The molecule has 0 heterocycles. The van der Waals surface area contributed by atoms with Crippen LogP contribution in [0.2, 0.25) is 0 Å². The first-order valence-corrected chi connectivity index (χ1v) is 6.67. The van der Waals surface area contributed by atoms with E-state index in [1.165, 1.54) is 0 Å². The highest BCUT2D eigenvalue weighted by Gasteiger charge is 2.16. The normalized spacial score (nSPS) is 11.8. The molecule has 0 aliphatic rings. The van der Waals surface area contributed by atoms with E-state index in [0.29, 0.717) is 17.7 Å². The van der Waals surface area contributed by atoms with Gasteiger partial charge in [-0.15, -0.1) is 0 Å². The van der Waals surface area contributed by atoms with Gasteiger partial charge < -0.3 is 15.7 Å². The van der Waals surface area contributed by atoms with Gasteiger partial charge in [-0.2, -0.15) is 5.26 Å². The van der Waals surface area contributed by atoms with Crippen LogP contribution < -0.4 is 10.6 Å². The number of urea groups is 1. The first-order valence-electron chi connectivity index (χ1n) is 6.67. The van der Waals surface area contributed by atoms with Crippen molar-refractivity contribution < 1.29 is 9.90 Å². The molecule has 0 aromatic heterocycles. The Morgan fingerprint density at radius 3 is 2.70 bits per heavy atom. The maximum absolute atomic E-state index is 12.0. The van der Waals surface area contributed by atoms with E-state index in [2.05, 4.69) is 10.6 Å². The monoisotopic (exact) mass is 275 g/mol. The molecule has 0 saturated carbocycles. The lowest BCUT2D eigenvalue weighted by Gasteiger charge is -2.22. The van der Waals surface area contributed by atoms with E-state index >= 15 is 0 Å². The molecular formula is C15H21N3O2. The van der Waals surface area contributed by atoms with E-state index in [0.717, 1.165) is 5.56 Å². The molecule has 1 aromatic carbocycles. The SMILES string of the molecule is Cc1ccc(C#N)cc1NC(=O)NC(CCO)C(C)C. The van der Waals surface area contributed by atoms with Crippen LogP contribution in [-0.4, -0.2) is 23.8 Å². The number of nitrogens with zero attached hydrogens (tertiary/aromatic N) is 1. The number of anilines is 1. The maximum atomic E-state index is 12.0. The Bertz CT molecular complexity index is 506. The topological polar surface area (TPSA) is 85.2 Å². The van der Waals surface area contributed by atoms with Crippen molar-refractivity contribution in [2.45, 2.75) is 33.2 Å². The molecule has 1 rings (SSSR count). The molecule has 0 aliphatic carbocycles. The number of aryl methyl sites for hydroxylation is 1. The fourth-order valence-corrected chi connectivity index (χ4v) is 1.86. The third kappa shape index (κ3) is 4.56. The zero-order valence-electron chi connectivity index (χ0n) is 12.1. The van der Waals surface area contributed by atoms with E-state index in [1.807, 2.05) is 26.8 Å². The van der Waals surface area contributed by atoms with Crippen molar-refractivity contribution in [3.63, 3.8) is 0 Å². The van der Waals surface area contributed by atoms with Crippen molar-refractivity contribution in [1.29, 1.82) is 5.26 Å². The molecule has 1 unspecified atom stereocenters. The summed E-state index contributed by atoms with van der Waals surface area (Å²) in [5, 5.41) is 23.4. The molecule has 0 radical (unpaired) electrons. The van der Waals surface area contributed by atoms with Crippen LogP contribution in [0.5, 0.6) is 0 Å². The number of aliphatic hydroxyl groups excluding tert-OH is 1. The number of nitrogens with one attached hydrogen (secondary N) is 2. The number of carbonyl (C=O) groups excluding carboxylic acids is 1. The summed E-state index contributed by atoms with van der Waals surface area (Å²) in [5.74, 6) is 0.236. The van der Waals surface area contributed by atoms with E-state index in [4.69, 9.17) is 10.4 Å². The second-order valence-corrected chi connectivity index (χ2v) is 5.10. The summed E-state index contributed by atoms with van der Waals surface area (Å²) in [6.45, 7) is 5.88. The predicted molar refractivity (Wildman–Crippen MR) is 78.4 cm³/mol. The van der Waals surface area contributed by atoms with Gasteiger partial charge in [0.25, 0.3) is 0 Å². The Labute approximate surface area is 119 Å². The average Bonchev–Trinajstić information content (AvgIpc) is 2.40. The fraction of sp³-hybridized carbons (Fsp3) is 0.467. The van der Waals surface area contributed by atoms with Crippen molar-refractivity contribution in [2.24, 2.45) is 5.92 Å². The smallest absolute Gasteiger partial charge is 0.319 e. The minimum atomic E-state index is -0.324. The Balaban J connectivity index is 2.73. The van der Waals surface area contributed by atoms with Gasteiger partial charge >= 0.3 is 6.03 Å². The summed E-state index contributed by atoms with van der Waals surface area (Å²) in [6.07, 6.45) is 0.516. The first kappa shape index (κ1) is 16.0. The van der Waals surface area contributed by atoms with Crippen molar-refractivity contribution in [2.75, 3.05) is 11.9 Å². The number of hydrogen-bond acceptors (Lipinski definition) is 3. The van der Waals surface area contributed by atoms with Gasteiger partial charge in [0, 0.05) is 18.3 Å². The summed E-state index contributed by atoms with van der Waals surface area (Å²) in [7, 11) is 0. The standard InChI is InChI=1S/C15H21N3O2/c1-10(2)13(6-7-19)17-15(20)18-14-8-12(9-16)5-4-11(14)3/h4-5,8,10,13,19H,6-7H2,1-3H3,(H2,17,18,20).